The van der Waals surface area contributed by atoms with Gasteiger partial charge in [-0.2, -0.15) is 0 Å². The van der Waals surface area contributed by atoms with Gasteiger partial charge in [-0.3, -0.25) is 0 Å². The van der Waals surface area contributed by atoms with Gasteiger partial charge in [0.1, 0.15) is 5.82 Å². The van der Waals surface area contributed by atoms with E-state index in [1.165, 1.54) is 4.63 Å². The maximum absolute atomic E-state index is 6.14. The monoisotopic (exact) mass is 249 g/mol. The van der Waals surface area contributed by atoms with Crippen LogP contribution in [-0.4, -0.2) is 37.8 Å². The number of hydrogen-bond acceptors (Lipinski definition) is 6. The molecule has 0 radical (unpaired) electrons. The second-order valence-electron chi connectivity index (χ2n) is 4.37. The van der Waals surface area contributed by atoms with Crippen molar-refractivity contribution in [2.24, 2.45) is 11.7 Å². The standard InChI is InChI=1S/C11H19N7/c1-3-8(4-2)9(12)7-13-10-5-6-11-14-16-17-18(11)15-10/h5-6,8-9H,3-4,7,12H2,1-2H3,(H,13,15). The van der Waals surface area contributed by atoms with Gasteiger partial charge in [-0.1, -0.05) is 26.7 Å². The molecule has 0 aliphatic rings. The SMILES string of the molecule is CCC(CC)C(N)CNc1ccc2nnnn2n1. The highest BCUT2D eigenvalue weighted by Gasteiger charge is 2.13. The largest absolute Gasteiger partial charge is 0.367 e. The first-order valence-electron chi connectivity index (χ1n) is 6.29. The minimum absolute atomic E-state index is 0.131. The Balaban J connectivity index is 1.96. The molecule has 2 aromatic rings. The molecule has 0 saturated heterocycles. The fourth-order valence-electron chi connectivity index (χ4n) is 2.03. The van der Waals surface area contributed by atoms with E-state index in [9.17, 15) is 0 Å². The predicted molar refractivity (Wildman–Crippen MR) is 69.1 cm³/mol. The highest BCUT2D eigenvalue weighted by molar-refractivity contribution is 5.42. The lowest BCUT2D eigenvalue weighted by atomic mass is 9.95. The highest BCUT2D eigenvalue weighted by Crippen LogP contribution is 2.12. The lowest BCUT2D eigenvalue weighted by Crippen LogP contribution is -2.36. The average Bonchev–Trinajstić information content (AvgIpc) is 2.85. The Bertz CT molecular complexity index is 491. The fourth-order valence-corrected chi connectivity index (χ4v) is 2.03. The second-order valence-corrected chi connectivity index (χ2v) is 4.37. The minimum Gasteiger partial charge on any atom is -0.367 e. The smallest absolute Gasteiger partial charge is 0.200 e. The van der Waals surface area contributed by atoms with E-state index in [0.717, 1.165) is 18.7 Å². The molecule has 0 spiro atoms. The Morgan fingerprint density at radius 1 is 1.33 bits per heavy atom. The Morgan fingerprint density at radius 2 is 2.11 bits per heavy atom. The van der Waals surface area contributed by atoms with Gasteiger partial charge in [-0.05, 0) is 28.5 Å². The molecule has 0 fully saturated rings. The van der Waals surface area contributed by atoms with Crippen molar-refractivity contribution in [2.75, 3.05) is 11.9 Å². The van der Waals surface area contributed by atoms with Crippen molar-refractivity contribution in [3.63, 3.8) is 0 Å². The number of hydrogen-bond donors (Lipinski definition) is 2. The summed E-state index contributed by atoms with van der Waals surface area (Å²) in [6, 6.07) is 3.80. The van der Waals surface area contributed by atoms with Crippen LogP contribution in [0.25, 0.3) is 5.65 Å². The van der Waals surface area contributed by atoms with E-state index in [2.05, 4.69) is 39.8 Å². The Kier molecular flexibility index (Phi) is 4.03. The van der Waals surface area contributed by atoms with Crippen LogP contribution in [0.3, 0.4) is 0 Å². The topological polar surface area (TPSA) is 94.0 Å². The number of anilines is 1. The van der Waals surface area contributed by atoms with E-state index in [0.29, 0.717) is 18.1 Å². The molecule has 0 saturated carbocycles. The summed E-state index contributed by atoms with van der Waals surface area (Å²) in [4.78, 5) is 0. The normalized spacial score (nSPS) is 13.1. The fraction of sp³-hybridized carbons (Fsp3) is 0.636. The molecule has 1 atom stereocenters. The third-order valence-corrected chi connectivity index (χ3v) is 3.24. The van der Waals surface area contributed by atoms with Crippen molar-refractivity contribution in [3.8, 4) is 0 Å². The zero-order valence-electron chi connectivity index (χ0n) is 10.7. The van der Waals surface area contributed by atoms with E-state index in [1.807, 2.05) is 12.1 Å². The Hall–Kier alpha value is -1.76. The maximum Gasteiger partial charge on any atom is 0.200 e. The molecule has 0 aliphatic carbocycles. The zero-order chi connectivity index (χ0) is 13.0. The number of nitrogens with one attached hydrogen (secondary N) is 1. The molecule has 0 aromatic carbocycles. The summed E-state index contributed by atoms with van der Waals surface area (Å²) in [5, 5.41) is 18.5. The first-order chi connectivity index (χ1) is 8.74. The van der Waals surface area contributed by atoms with Crippen molar-refractivity contribution in [1.82, 2.24) is 25.3 Å². The van der Waals surface area contributed by atoms with E-state index in [4.69, 9.17) is 5.73 Å². The lowest BCUT2D eigenvalue weighted by Gasteiger charge is -2.21. The molecule has 0 bridgehead atoms. The number of rotatable bonds is 6. The Labute approximate surface area is 106 Å². The van der Waals surface area contributed by atoms with E-state index >= 15 is 0 Å². The summed E-state index contributed by atoms with van der Waals surface area (Å²) in [5.41, 5.74) is 6.77. The van der Waals surface area contributed by atoms with Crippen molar-refractivity contribution >= 4 is 11.5 Å². The molecule has 7 heteroatoms. The summed E-state index contributed by atoms with van der Waals surface area (Å²) in [6.07, 6.45) is 2.19. The number of fused-ring (bicyclic) bond motifs is 1. The molecular formula is C11H19N7. The van der Waals surface area contributed by atoms with Gasteiger partial charge in [0.05, 0.1) is 0 Å². The van der Waals surface area contributed by atoms with Crippen LogP contribution in [-0.2, 0) is 0 Å². The summed E-state index contributed by atoms with van der Waals surface area (Å²) < 4.78 is 1.39. The molecule has 2 heterocycles. The molecule has 18 heavy (non-hydrogen) atoms. The summed E-state index contributed by atoms with van der Waals surface area (Å²) in [5.74, 6) is 1.27. The first kappa shape index (κ1) is 12.7. The van der Waals surface area contributed by atoms with Crippen molar-refractivity contribution in [3.05, 3.63) is 12.1 Å². The minimum atomic E-state index is 0.131. The van der Waals surface area contributed by atoms with Crippen LogP contribution in [0.2, 0.25) is 0 Å². The van der Waals surface area contributed by atoms with Crippen molar-refractivity contribution in [2.45, 2.75) is 32.7 Å². The molecule has 2 rings (SSSR count). The van der Waals surface area contributed by atoms with Crippen LogP contribution in [0.15, 0.2) is 12.1 Å². The van der Waals surface area contributed by atoms with Gasteiger partial charge < -0.3 is 11.1 Å². The summed E-state index contributed by atoms with van der Waals surface area (Å²) in [6.45, 7) is 5.03. The second kappa shape index (κ2) is 5.72. The number of nitrogens with zero attached hydrogens (tertiary/aromatic N) is 5. The maximum atomic E-state index is 6.14. The van der Waals surface area contributed by atoms with Gasteiger partial charge in [0, 0.05) is 12.6 Å². The molecule has 7 nitrogen and oxygen atoms in total. The van der Waals surface area contributed by atoms with Crippen molar-refractivity contribution < 1.29 is 0 Å². The molecule has 98 valence electrons. The quantitative estimate of drug-likeness (QED) is 0.782. The lowest BCUT2D eigenvalue weighted by molar-refractivity contribution is 0.407. The Morgan fingerprint density at radius 3 is 2.83 bits per heavy atom. The van der Waals surface area contributed by atoms with Crippen LogP contribution in [0, 0.1) is 5.92 Å². The van der Waals surface area contributed by atoms with Gasteiger partial charge in [0.15, 0.2) is 5.65 Å². The molecule has 0 amide bonds. The first-order valence-corrected chi connectivity index (χ1v) is 6.29. The van der Waals surface area contributed by atoms with Gasteiger partial charge in [-0.25, -0.2) is 0 Å². The van der Waals surface area contributed by atoms with Crippen LogP contribution >= 0.6 is 0 Å². The average molecular weight is 249 g/mol. The van der Waals surface area contributed by atoms with Crippen LogP contribution in [0.1, 0.15) is 26.7 Å². The zero-order valence-corrected chi connectivity index (χ0v) is 10.7. The van der Waals surface area contributed by atoms with Gasteiger partial charge >= 0.3 is 0 Å². The number of nitrogens with two attached hydrogens (primary N) is 1. The van der Waals surface area contributed by atoms with Crippen LogP contribution in [0.4, 0.5) is 5.82 Å². The molecular weight excluding hydrogens is 230 g/mol. The van der Waals surface area contributed by atoms with Gasteiger partial charge in [0.25, 0.3) is 0 Å². The predicted octanol–water partition coefficient (Wildman–Crippen LogP) is 0.695. The molecule has 2 aromatic heterocycles. The van der Waals surface area contributed by atoms with Crippen molar-refractivity contribution in [1.29, 1.82) is 0 Å². The van der Waals surface area contributed by atoms with Crippen LogP contribution in [0.5, 0.6) is 0 Å². The molecule has 0 aliphatic heterocycles. The number of tetrazole rings is 1. The summed E-state index contributed by atoms with van der Waals surface area (Å²) >= 11 is 0. The summed E-state index contributed by atoms with van der Waals surface area (Å²) in [7, 11) is 0. The highest BCUT2D eigenvalue weighted by atomic mass is 15.6. The van der Waals surface area contributed by atoms with Gasteiger partial charge in [-0.15, -0.1) is 14.8 Å². The van der Waals surface area contributed by atoms with E-state index < -0.39 is 0 Å². The molecule has 1 unspecified atom stereocenters. The van der Waals surface area contributed by atoms with E-state index in [-0.39, 0.29) is 6.04 Å². The van der Waals surface area contributed by atoms with Gasteiger partial charge in [0.2, 0.25) is 0 Å². The third-order valence-electron chi connectivity index (χ3n) is 3.24. The molecule has 3 N–H and O–H groups in total. The third kappa shape index (κ3) is 2.73. The number of aromatic nitrogens is 5. The van der Waals surface area contributed by atoms with E-state index in [1.54, 1.807) is 0 Å². The van der Waals surface area contributed by atoms with Crippen LogP contribution < -0.4 is 11.1 Å².